The van der Waals surface area contributed by atoms with Crippen LogP contribution in [0, 0.1) is 0 Å². The Labute approximate surface area is 256 Å². The Bertz CT molecular complexity index is 1910. The summed E-state index contributed by atoms with van der Waals surface area (Å²) < 4.78 is 0. The van der Waals surface area contributed by atoms with Crippen LogP contribution in [0.5, 0.6) is 0 Å². The van der Waals surface area contributed by atoms with Crippen molar-refractivity contribution in [2.24, 2.45) is 0 Å². The fourth-order valence-corrected chi connectivity index (χ4v) is 8.02. The van der Waals surface area contributed by atoms with Crippen LogP contribution in [0.3, 0.4) is 0 Å². The third-order valence-electron chi connectivity index (χ3n) is 10.4. The zero-order chi connectivity index (χ0) is 29.3. The van der Waals surface area contributed by atoms with Crippen molar-refractivity contribution in [2.75, 3.05) is 4.90 Å². The molecule has 2 aliphatic heterocycles. The van der Waals surface area contributed by atoms with Crippen molar-refractivity contribution in [1.82, 2.24) is 0 Å². The van der Waals surface area contributed by atoms with E-state index in [0.29, 0.717) is 0 Å². The van der Waals surface area contributed by atoms with E-state index in [9.17, 15) is 0 Å². The van der Waals surface area contributed by atoms with Crippen LogP contribution in [0.1, 0.15) is 75.6 Å². The highest BCUT2D eigenvalue weighted by Crippen LogP contribution is 2.59. The Morgan fingerprint density at radius 1 is 0.581 bits per heavy atom. The molecule has 212 valence electrons. The molecule has 0 N–H and O–H groups in total. The first-order valence-corrected chi connectivity index (χ1v) is 15.9. The van der Waals surface area contributed by atoms with Crippen LogP contribution in [0.25, 0.3) is 27.8 Å². The van der Waals surface area contributed by atoms with E-state index in [1.165, 1.54) is 67.2 Å². The number of nitrogens with zero attached hydrogens (tertiary/aromatic N) is 1. The minimum Gasteiger partial charge on any atom is -0.310 e. The van der Waals surface area contributed by atoms with Crippen LogP contribution in [-0.4, -0.2) is 0 Å². The molecule has 0 unspecified atom stereocenters. The predicted octanol–water partition coefficient (Wildman–Crippen LogP) is 11.4. The van der Waals surface area contributed by atoms with Gasteiger partial charge in [0, 0.05) is 16.5 Å². The second-order valence-corrected chi connectivity index (χ2v) is 13.6. The van der Waals surface area contributed by atoms with Gasteiger partial charge in [-0.05, 0) is 106 Å². The van der Waals surface area contributed by atoms with E-state index in [1.54, 1.807) is 5.57 Å². The van der Waals surface area contributed by atoms with Gasteiger partial charge in [0.05, 0.1) is 11.4 Å². The van der Waals surface area contributed by atoms with Gasteiger partial charge in [0.2, 0.25) is 0 Å². The molecule has 0 bridgehead atoms. The summed E-state index contributed by atoms with van der Waals surface area (Å²) in [4.78, 5) is 2.59. The van der Waals surface area contributed by atoms with E-state index in [2.05, 4.69) is 148 Å². The summed E-state index contributed by atoms with van der Waals surface area (Å²) in [6, 6.07) is 32.2. The molecule has 4 aromatic carbocycles. The first-order chi connectivity index (χ1) is 20.9. The zero-order valence-corrected chi connectivity index (χ0v) is 25.7. The fraction of sp³-hybridized carbons (Fsp3) is 0.238. The summed E-state index contributed by atoms with van der Waals surface area (Å²) in [5.74, 6) is 0. The number of anilines is 2. The number of benzene rings is 4. The number of hydrogen-bond acceptors (Lipinski definition) is 1. The van der Waals surface area contributed by atoms with Crippen LogP contribution in [0.4, 0.5) is 11.4 Å². The molecule has 0 radical (unpaired) electrons. The van der Waals surface area contributed by atoms with Gasteiger partial charge < -0.3 is 4.90 Å². The van der Waals surface area contributed by atoms with Gasteiger partial charge in [-0.1, -0.05) is 119 Å². The second-order valence-electron chi connectivity index (χ2n) is 13.6. The van der Waals surface area contributed by atoms with Crippen molar-refractivity contribution in [3.8, 4) is 22.3 Å². The van der Waals surface area contributed by atoms with Gasteiger partial charge in [-0.25, -0.2) is 0 Å². The van der Waals surface area contributed by atoms with Gasteiger partial charge in [0.1, 0.15) is 0 Å². The van der Waals surface area contributed by atoms with Crippen molar-refractivity contribution < 1.29 is 0 Å². The van der Waals surface area contributed by atoms with Gasteiger partial charge in [0.25, 0.3) is 0 Å². The summed E-state index contributed by atoms with van der Waals surface area (Å²) in [5, 5.41) is 0. The minimum absolute atomic E-state index is 0.0218. The van der Waals surface area contributed by atoms with Crippen LogP contribution in [0.2, 0.25) is 0 Å². The third kappa shape index (κ3) is 3.91. The molecule has 2 aliphatic carbocycles. The Morgan fingerprint density at radius 3 is 2.12 bits per heavy atom. The second kappa shape index (κ2) is 9.58. The zero-order valence-electron chi connectivity index (χ0n) is 25.7. The SMILES string of the molecule is CC1(C)C2=C(C=CCC2)N2c3ccc(-c4ccc(C5=CCCC=C5)c(-c5ccccc5)c4)cc3C(C)(C)c3cccc1c32. The molecule has 0 saturated carbocycles. The molecule has 2 heterocycles. The van der Waals surface area contributed by atoms with Gasteiger partial charge in [-0.15, -0.1) is 0 Å². The molecule has 4 aromatic rings. The summed E-state index contributed by atoms with van der Waals surface area (Å²) in [6.45, 7) is 9.67. The minimum atomic E-state index is -0.125. The smallest absolute Gasteiger partial charge is 0.0543 e. The molecule has 0 atom stereocenters. The number of para-hydroxylation sites is 1. The Kier molecular flexibility index (Phi) is 5.85. The lowest BCUT2D eigenvalue weighted by molar-refractivity contribution is 0.555. The molecule has 0 fully saturated rings. The highest BCUT2D eigenvalue weighted by atomic mass is 15.2. The molecule has 1 nitrogen and oxygen atoms in total. The van der Waals surface area contributed by atoms with E-state index >= 15 is 0 Å². The van der Waals surface area contributed by atoms with Crippen LogP contribution in [0.15, 0.2) is 127 Å². The van der Waals surface area contributed by atoms with E-state index in [-0.39, 0.29) is 10.8 Å². The van der Waals surface area contributed by atoms with Gasteiger partial charge in [-0.3, -0.25) is 0 Å². The highest BCUT2D eigenvalue weighted by Gasteiger charge is 2.46. The van der Waals surface area contributed by atoms with Crippen molar-refractivity contribution in [3.05, 3.63) is 149 Å². The lowest BCUT2D eigenvalue weighted by Crippen LogP contribution is -2.40. The monoisotopic (exact) mass is 557 g/mol. The lowest BCUT2D eigenvalue weighted by atomic mass is 9.65. The average Bonchev–Trinajstić information content (AvgIpc) is 3.05. The maximum Gasteiger partial charge on any atom is 0.0543 e. The summed E-state index contributed by atoms with van der Waals surface area (Å²) in [6.07, 6.45) is 16.2. The molecule has 0 amide bonds. The summed E-state index contributed by atoms with van der Waals surface area (Å²) in [7, 11) is 0. The highest BCUT2D eigenvalue weighted by molar-refractivity contribution is 5.91. The number of allylic oxidation sites excluding steroid dienone is 7. The van der Waals surface area contributed by atoms with Crippen molar-refractivity contribution in [1.29, 1.82) is 0 Å². The first kappa shape index (κ1) is 26.3. The van der Waals surface area contributed by atoms with Gasteiger partial charge >= 0.3 is 0 Å². The molecule has 0 aromatic heterocycles. The number of rotatable bonds is 3. The van der Waals surface area contributed by atoms with Crippen molar-refractivity contribution >= 4 is 16.9 Å². The van der Waals surface area contributed by atoms with Crippen LogP contribution >= 0.6 is 0 Å². The standard InChI is InChI=1S/C42H39N/c1-41(2)34-18-11-12-21-38(34)43-39-25-23-31(27-37(39)42(3,4)36-20-13-19-35(41)40(36)43)30-22-24-32(28-14-7-5-8-15-28)33(26-30)29-16-9-6-10-17-29/h6-7,9-10,12-17,19-27H,5,8,11,18H2,1-4H3. The largest absolute Gasteiger partial charge is 0.310 e. The predicted molar refractivity (Wildman–Crippen MR) is 183 cm³/mol. The molecule has 43 heavy (non-hydrogen) atoms. The molecule has 0 saturated heterocycles. The first-order valence-electron chi connectivity index (χ1n) is 15.9. The number of hydrogen-bond donors (Lipinski definition) is 0. The van der Waals surface area contributed by atoms with E-state index in [0.717, 1.165) is 25.7 Å². The fourth-order valence-electron chi connectivity index (χ4n) is 8.02. The summed E-state index contributed by atoms with van der Waals surface area (Å²) in [5.41, 5.74) is 17.5. The van der Waals surface area contributed by atoms with Gasteiger partial charge in [0.15, 0.2) is 0 Å². The van der Waals surface area contributed by atoms with Gasteiger partial charge in [-0.2, -0.15) is 0 Å². The Morgan fingerprint density at radius 2 is 1.33 bits per heavy atom. The van der Waals surface area contributed by atoms with E-state index in [4.69, 9.17) is 0 Å². The molecular weight excluding hydrogens is 518 g/mol. The molecular formula is C42H39N. The van der Waals surface area contributed by atoms with Crippen LogP contribution in [-0.2, 0) is 10.8 Å². The molecule has 8 rings (SSSR count). The van der Waals surface area contributed by atoms with E-state index in [1.807, 2.05) is 0 Å². The molecule has 4 aliphatic rings. The number of fused-ring (bicyclic) bond motifs is 3. The maximum atomic E-state index is 2.59. The quantitative estimate of drug-likeness (QED) is 0.242. The summed E-state index contributed by atoms with van der Waals surface area (Å²) >= 11 is 0. The normalized spacial score (nSPS) is 19.0. The lowest BCUT2D eigenvalue weighted by Gasteiger charge is -2.50. The Balaban J connectivity index is 1.31. The topological polar surface area (TPSA) is 3.24 Å². The van der Waals surface area contributed by atoms with E-state index < -0.39 is 0 Å². The Hall–Kier alpha value is -4.36. The van der Waals surface area contributed by atoms with Crippen molar-refractivity contribution in [3.63, 3.8) is 0 Å². The van der Waals surface area contributed by atoms with Crippen LogP contribution < -0.4 is 4.90 Å². The maximum absolute atomic E-state index is 2.59. The third-order valence-corrected chi connectivity index (χ3v) is 10.4. The van der Waals surface area contributed by atoms with Crippen molar-refractivity contribution in [2.45, 2.75) is 64.2 Å². The average molecular weight is 558 g/mol. The molecule has 0 spiro atoms. The molecule has 1 heteroatoms.